The molecule has 0 fully saturated rings. The van der Waals surface area contributed by atoms with Gasteiger partial charge in [-0.1, -0.05) is 45.0 Å². The molecule has 6 nitrogen and oxygen atoms in total. The van der Waals surface area contributed by atoms with Gasteiger partial charge in [-0.05, 0) is 61.6 Å². The van der Waals surface area contributed by atoms with Crippen LogP contribution in [0.2, 0.25) is 0 Å². The number of ether oxygens (including phenoxy) is 1. The zero-order chi connectivity index (χ0) is 25.5. The standard InChI is InChI=1S/C28H30N2O4S/c1-7-34-21-14-12-20(13-15-21)30-23(18-8-10-19(11-9-18)28(4,5)6)22(25(32)27(30)33)24(31)26-16(2)29-17(3)35-26/h8-15,23,32H,7H2,1-6H3. The van der Waals surface area contributed by atoms with Gasteiger partial charge in [0.05, 0.1) is 33.8 Å². The number of aromatic nitrogens is 1. The van der Waals surface area contributed by atoms with Crippen LogP contribution in [0.15, 0.2) is 59.9 Å². The van der Waals surface area contributed by atoms with E-state index in [9.17, 15) is 14.7 Å². The maximum absolute atomic E-state index is 13.7. The number of hydrogen-bond donors (Lipinski definition) is 1. The van der Waals surface area contributed by atoms with Crippen LogP contribution in [0, 0.1) is 13.8 Å². The van der Waals surface area contributed by atoms with Crippen molar-refractivity contribution in [3.8, 4) is 5.75 Å². The number of nitrogens with zero attached hydrogens (tertiary/aromatic N) is 2. The van der Waals surface area contributed by atoms with Crippen LogP contribution in [0.25, 0.3) is 0 Å². The quantitative estimate of drug-likeness (QED) is 0.414. The third kappa shape index (κ3) is 4.60. The van der Waals surface area contributed by atoms with Gasteiger partial charge in [0.25, 0.3) is 5.91 Å². The Morgan fingerprint density at radius 3 is 2.23 bits per heavy atom. The SMILES string of the molecule is CCOc1ccc(N2C(=O)C(O)=C(C(=O)c3sc(C)nc3C)C2c2ccc(C(C)(C)C)cc2)cc1. The summed E-state index contributed by atoms with van der Waals surface area (Å²) in [7, 11) is 0. The summed E-state index contributed by atoms with van der Waals surface area (Å²) in [4.78, 5) is 33.4. The molecule has 1 amide bonds. The number of amides is 1. The van der Waals surface area contributed by atoms with Crippen molar-refractivity contribution in [2.75, 3.05) is 11.5 Å². The number of aliphatic hydroxyl groups excluding tert-OH is 1. The molecule has 0 aliphatic carbocycles. The largest absolute Gasteiger partial charge is 0.503 e. The molecule has 1 aliphatic rings. The van der Waals surface area contributed by atoms with Crippen molar-refractivity contribution < 1.29 is 19.4 Å². The van der Waals surface area contributed by atoms with E-state index in [4.69, 9.17) is 4.74 Å². The third-order valence-electron chi connectivity index (χ3n) is 6.08. The van der Waals surface area contributed by atoms with E-state index in [0.29, 0.717) is 28.6 Å². The van der Waals surface area contributed by atoms with E-state index in [0.717, 1.165) is 16.1 Å². The lowest BCUT2D eigenvalue weighted by atomic mass is 9.85. The first-order valence-electron chi connectivity index (χ1n) is 11.6. The molecular weight excluding hydrogens is 460 g/mol. The van der Waals surface area contributed by atoms with Gasteiger partial charge in [0.15, 0.2) is 5.76 Å². The van der Waals surface area contributed by atoms with Gasteiger partial charge in [0.2, 0.25) is 5.78 Å². The molecule has 0 radical (unpaired) electrons. The Balaban J connectivity index is 1.84. The molecule has 3 aromatic rings. The predicted molar refractivity (Wildman–Crippen MR) is 139 cm³/mol. The summed E-state index contributed by atoms with van der Waals surface area (Å²) >= 11 is 1.27. The number of anilines is 1. The van der Waals surface area contributed by atoms with Crippen molar-refractivity contribution in [1.29, 1.82) is 0 Å². The topological polar surface area (TPSA) is 79.7 Å². The first-order chi connectivity index (χ1) is 16.5. The number of aliphatic hydroxyl groups is 1. The van der Waals surface area contributed by atoms with Crippen molar-refractivity contribution in [2.45, 2.75) is 53.0 Å². The summed E-state index contributed by atoms with van der Waals surface area (Å²) in [6.45, 7) is 12.4. The van der Waals surface area contributed by atoms with E-state index in [1.807, 2.05) is 38.1 Å². The van der Waals surface area contributed by atoms with Crippen molar-refractivity contribution >= 4 is 28.7 Å². The van der Waals surface area contributed by atoms with Crippen LogP contribution in [-0.4, -0.2) is 28.4 Å². The minimum absolute atomic E-state index is 0.0489. The minimum Gasteiger partial charge on any atom is -0.503 e. The second kappa shape index (κ2) is 9.30. The molecule has 2 heterocycles. The lowest BCUT2D eigenvalue weighted by molar-refractivity contribution is -0.117. The van der Waals surface area contributed by atoms with Crippen LogP contribution in [0.3, 0.4) is 0 Å². The number of carbonyl (C=O) groups excluding carboxylic acids is 2. The summed E-state index contributed by atoms with van der Waals surface area (Å²) < 4.78 is 5.54. The Hall–Kier alpha value is -3.45. The molecule has 2 aromatic carbocycles. The molecule has 1 N–H and O–H groups in total. The van der Waals surface area contributed by atoms with Gasteiger partial charge in [-0.3, -0.25) is 14.5 Å². The number of benzene rings is 2. The van der Waals surface area contributed by atoms with Crippen LogP contribution in [0.4, 0.5) is 5.69 Å². The highest BCUT2D eigenvalue weighted by molar-refractivity contribution is 7.14. The Bertz CT molecular complexity index is 1300. The molecule has 0 bridgehead atoms. The summed E-state index contributed by atoms with van der Waals surface area (Å²) in [6.07, 6.45) is 0. The molecule has 1 aromatic heterocycles. The molecule has 4 rings (SSSR count). The molecule has 0 saturated carbocycles. The molecule has 1 atom stereocenters. The van der Waals surface area contributed by atoms with Gasteiger partial charge < -0.3 is 9.84 Å². The van der Waals surface area contributed by atoms with E-state index in [1.165, 1.54) is 16.2 Å². The number of ketones is 1. The van der Waals surface area contributed by atoms with Crippen LogP contribution in [0.5, 0.6) is 5.75 Å². The highest BCUT2D eigenvalue weighted by atomic mass is 32.1. The van der Waals surface area contributed by atoms with E-state index in [1.54, 1.807) is 31.2 Å². The fourth-order valence-electron chi connectivity index (χ4n) is 4.32. The molecule has 0 saturated heterocycles. The summed E-state index contributed by atoms with van der Waals surface area (Å²) in [5.74, 6) is -0.837. The first-order valence-corrected chi connectivity index (χ1v) is 12.4. The average molecular weight is 491 g/mol. The third-order valence-corrected chi connectivity index (χ3v) is 7.15. The van der Waals surface area contributed by atoms with Gasteiger partial charge in [-0.15, -0.1) is 11.3 Å². The van der Waals surface area contributed by atoms with E-state index >= 15 is 0 Å². The van der Waals surface area contributed by atoms with E-state index in [-0.39, 0.29) is 16.8 Å². The van der Waals surface area contributed by atoms with Crippen molar-refractivity contribution in [2.24, 2.45) is 0 Å². The number of Topliss-reactive ketones (excluding diaryl/α,β-unsaturated/α-hetero) is 1. The minimum atomic E-state index is -0.774. The molecule has 7 heteroatoms. The Morgan fingerprint density at radius 1 is 1.09 bits per heavy atom. The van der Waals surface area contributed by atoms with Gasteiger partial charge in [-0.2, -0.15) is 0 Å². The molecule has 182 valence electrons. The van der Waals surface area contributed by atoms with Crippen molar-refractivity contribution in [3.63, 3.8) is 0 Å². The van der Waals surface area contributed by atoms with Crippen LogP contribution in [0.1, 0.15) is 65.2 Å². The summed E-state index contributed by atoms with van der Waals surface area (Å²) in [5, 5.41) is 11.8. The van der Waals surface area contributed by atoms with Crippen molar-refractivity contribution in [3.05, 3.63) is 86.6 Å². The Morgan fingerprint density at radius 2 is 1.71 bits per heavy atom. The van der Waals surface area contributed by atoms with Crippen LogP contribution < -0.4 is 9.64 Å². The number of thiazole rings is 1. The summed E-state index contributed by atoms with van der Waals surface area (Å²) in [6, 6.07) is 14.2. The van der Waals surface area contributed by atoms with Crippen LogP contribution >= 0.6 is 11.3 Å². The Labute approximate surface area is 209 Å². The molecule has 1 unspecified atom stereocenters. The molecule has 1 aliphatic heterocycles. The monoisotopic (exact) mass is 490 g/mol. The number of rotatable bonds is 6. The normalized spacial score (nSPS) is 16.2. The fraction of sp³-hybridized carbons (Fsp3) is 0.321. The number of aryl methyl sites for hydroxylation is 2. The lowest BCUT2D eigenvalue weighted by Crippen LogP contribution is -2.31. The second-order valence-electron chi connectivity index (χ2n) is 9.62. The fourth-order valence-corrected chi connectivity index (χ4v) is 5.19. The van der Waals surface area contributed by atoms with E-state index < -0.39 is 17.7 Å². The molecule has 0 spiro atoms. The lowest BCUT2D eigenvalue weighted by Gasteiger charge is -2.28. The predicted octanol–water partition coefficient (Wildman–Crippen LogP) is 6.24. The Kier molecular flexibility index (Phi) is 6.56. The first kappa shape index (κ1) is 24.7. The molecular formula is C28H30N2O4S. The van der Waals surface area contributed by atoms with Crippen molar-refractivity contribution in [1.82, 2.24) is 4.98 Å². The maximum atomic E-state index is 13.7. The highest BCUT2D eigenvalue weighted by Crippen LogP contribution is 2.43. The van der Waals surface area contributed by atoms with E-state index in [2.05, 4.69) is 25.8 Å². The number of carbonyl (C=O) groups is 2. The van der Waals surface area contributed by atoms with Gasteiger partial charge in [0, 0.05) is 5.69 Å². The summed E-state index contributed by atoms with van der Waals surface area (Å²) in [5.41, 5.74) is 3.05. The average Bonchev–Trinajstić information content (AvgIpc) is 3.29. The zero-order valence-electron chi connectivity index (χ0n) is 20.9. The van der Waals surface area contributed by atoms with Gasteiger partial charge in [0.1, 0.15) is 5.75 Å². The highest BCUT2D eigenvalue weighted by Gasteiger charge is 2.45. The van der Waals surface area contributed by atoms with Crippen LogP contribution in [-0.2, 0) is 10.2 Å². The zero-order valence-corrected chi connectivity index (χ0v) is 21.7. The maximum Gasteiger partial charge on any atom is 0.294 e. The smallest absolute Gasteiger partial charge is 0.294 e. The molecule has 35 heavy (non-hydrogen) atoms. The second-order valence-corrected chi connectivity index (χ2v) is 10.8. The van der Waals surface area contributed by atoms with Gasteiger partial charge in [-0.25, -0.2) is 4.98 Å². The number of hydrogen-bond acceptors (Lipinski definition) is 6. The van der Waals surface area contributed by atoms with Gasteiger partial charge >= 0.3 is 0 Å².